The second kappa shape index (κ2) is 25.0. The Hall–Kier alpha value is -1.20. The number of carboxylic acid groups (broad SMARTS) is 1. The molecular formula is C17H18BNNa2O4. The van der Waals surface area contributed by atoms with Crippen molar-refractivity contribution in [2.24, 2.45) is 0 Å². The molecule has 0 saturated heterocycles. The van der Waals surface area contributed by atoms with Crippen LogP contribution >= 0.6 is 0 Å². The molecule has 8 heteroatoms. The van der Waals surface area contributed by atoms with Crippen molar-refractivity contribution in [1.82, 2.24) is 0 Å². The predicted octanol–water partition coefficient (Wildman–Crippen LogP) is -5.40. The summed E-state index contributed by atoms with van der Waals surface area (Å²) >= 11 is 0. The van der Waals surface area contributed by atoms with Crippen molar-refractivity contribution in [1.29, 1.82) is 5.26 Å². The van der Waals surface area contributed by atoms with Crippen molar-refractivity contribution >= 4 is 26.4 Å². The molecule has 0 unspecified atom stereocenters. The van der Waals surface area contributed by atoms with E-state index < -0.39 is 5.97 Å². The van der Waals surface area contributed by atoms with E-state index in [0.717, 1.165) is 30.6 Å². The van der Waals surface area contributed by atoms with E-state index in [0.29, 0.717) is 0 Å². The molecule has 0 spiro atoms. The topological polar surface area (TPSA) is 98.1 Å². The molecule has 0 radical (unpaired) electrons. The Bertz CT molecular complexity index is 558. The minimum absolute atomic E-state index is 0. The monoisotopic (exact) mass is 357 g/mol. The molecule has 2 rings (SSSR count). The summed E-state index contributed by atoms with van der Waals surface area (Å²) in [5, 5.41) is 16.3. The Labute approximate surface area is 193 Å². The van der Waals surface area contributed by atoms with Crippen LogP contribution in [-0.2, 0) is 4.79 Å². The maximum atomic E-state index is 10.0. The van der Waals surface area contributed by atoms with Crippen molar-refractivity contribution in [2.45, 2.75) is 6.92 Å². The first-order chi connectivity index (χ1) is 11.0. The SMILES string of the molecule is CC(=O)[O-].O=Cc1ccccc1.O=Cc1ccccc1.[BH3-]C#N.[Na+].[Na+]. The van der Waals surface area contributed by atoms with Crippen LogP contribution in [-0.4, -0.2) is 26.4 Å². The number of aldehydes is 2. The number of rotatable bonds is 2. The van der Waals surface area contributed by atoms with Crippen LogP contribution in [0.1, 0.15) is 27.6 Å². The Balaban J connectivity index is -0.000000123. The molecular weight excluding hydrogens is 339 g/mol. The van der Waals surface area contributed by atoms with E-state index in [-0.39, 0.29) is 67.0 Å². The number of carbonyl (C=O) groups is 3. The van der Waals surface area contributed by atoms with E-state index in [9.17, 15) is 9.59 Å². The quantitative estimate of drug-likeness (QED) is 0.395. The molecule has 0 aromatic heterocycles. The van der Waals surface area contributed by atoms with Crippen molar-refractivity contribution in [3.8, 4) is 5.97 Å². The van der Waals surface area contributed by atoms with Gasteiger partial charge in [0.2, 0.25) is 0 Å². The van der Waals surface area contributed by atoms with Gasteiger partial charge in [0.1, 0.15) is 12.6 Å². The van der Waals surface area contributed by atoms with E-state index in [2.05, 4.69) is 0 Å². The van der Waals surface area contributed by atoms with E-state index in [1.807, 2.05) is 42.4 Å². The zero-order valence-corrected chi connectivity index (χ0v) is 18.0. The number of aliphatic carboxylic acids is 1. The maximum Gasteiger partial charge on any atom is 1.00 e. The Morgan fingerprint density at radius 2 is 1.12 bits per heavy atom. The van der Waals surface area contributed by atoms with Gasteiger partial charge in [-0.3, -0.25) is 14.9 Å². The fourth-order valence-electron chi connectivity index (χ4n) is 1.06. The van der Waals surface area contributed by atoms with Crippen LogP contribution in [0.25, 0.3) is 0 Å². The summed E-state index contributed by atoms with van der Waals surface area (Å²) in [7, 11) is 0.0694. The zero-order valence-electron chi connectivity index (χ0n) is 14.0. The van der Waals surface area contributed by atoms with Gasteiger partial charge in [0.25, 0.3) is 0 Å². The molecule has 0 aliphatic carbocycles. The Kier molecular flexibility index (Phi) is 31.6. The summed E-state index contributed by atoms with van der Waals surface area (Å²) in [4.78, 5) is 28.9. The molecule has 0 fully saturated rings. The molecule has 0 atom stereocenters. The fraction of sp³-hybridized carbons (Fsp3) is 0.0588. The first-order valence-electron chi connectivity index (χ1n) is 6.00. The van der Waals surface area contributed by atoms with Gasteiger partial charge in [-0.2, -0.15) is 5.97 Å². The molecule has 5 nitrogen and oxygen atoms in total. The van der Waals surface area contributed by atoms with Gasteiger partial charge >= 0.3 is 59.1 Å². The second-order valence-electron chi connectivity index (χ2n) is 3.55. The largest absolute Gasteiger partial charge is 1.00 e. The number of hydrogen-bond donors (Lipinski definition) is 0. The molecule has 120 valence electrons. The molecule has 2 aromatic rings. The van der Waals surface area contributed by atoms with Crippen molar-refractivity contribution in [3.63, 3.8) is 0 Å². The summed E-state index contributed by atoms with van der Waals surface area (Å²) in [6.07, 6.45) is 1.67. The van der Waals surface area contributed by atoms with Crippen LogP contribution in [0, 0.1) is 11.2 Å². The third kappa shape index (κ3) is 27.9. The number of carboxylic acids is 1. The van der Waals surface area contributed by atoms with Gasteiger partial charge in [-0.05, 0) is 6.92 Å². The van der Waals surface area contributed by atoms with Gasteiger partial charge in [-0.1, -0.05) is 60.7 Å². The van der Waals surface area contributed by atoms with Gasteiger partial charge in [0.05, 0.1) is 7.85 Å². The standard InChI is InChI=1S/2C7H6O.C2H4O2.CH3BN.2Na/c2*8-6-7-4-2-1-3-5-7;1-2(3)4;2-1-3;;/h2*1-6H;1H3,(H,3,4);2H3;;/q;;;-1;2*+1/p-1. The number of benzene rings is 2. The van der Waals surface area contributed by atoms with Gasteiger partial charge in [0, 0.05) is 17.1 Å². The Morgan fingerprint density at radius 1 is 0.920 bits per heavy atom. The minimum atomic E-state index is -1.08. The van der Waals surface area contributed by atoms with E-state index in [4.69, 9.17) is 15.2 Å². The molecule has 0 bridgehead atoms. The normalized spacial score (nSPS) is 6.76. The van der Waals surface area contributed by atoms with Crippen LogP contribution in [0.3, 0.4) is 0 Å². The number of nitrogens with zero attached hydrogens (tertiary/aromatic N) is 1. The summed E-state index contributed by atoms with van der Waals surface area (Å²) in [5.41, 5.74) is 1.46. The second-order valence-corrected chi connectivity index (χ2v) is 3.55. The van der Waals surface area contributed by atoms with Crippen LogP contribution in [0.2, 0.25) is 0 Å². The van der Waals surface area contributed by atoms with E-state index >= 15 is 0 Å². The van der Waals surface area contributed by atoms with Crippen LogP contribution in [0.15, 0.2) is 60.7 Å². The third-order valence-corrected chi connectivity index (χ3v) is 1.87. The molecule has 0 aliphatic heterocycles. The molecule has 0 amide bonds. The molecule has 25 heavy (non-hydrogen) atoms. The molecule has 0 N–H and O–H groups in total. The van der Waals surface area contributed by atoms with Crippen molar-refractivity contribution in [2.75, 3.05) is 0 Å². The average Bonchev–Trinajstić information content (AvgIpc) is 2.57. The van der Waals surface area contributed by atoms with Crippen LogP contribution < -0.4 is 64.2 Å². The number of carbonyl (C=O) groups excluding carboxylic acids is 3. The van der Waals surface area contributed by atoms with E-state index in [1.54, 1.807) is 24.3 Å². The van der Waals surface area contributed by atoms with Gasteiger partial charge in [-0.15, -0.1) is 0 Å². The first-order valence-corrected chi connectivity index (χ1v) is 6.00. The fourth-order valence-corrected chi connectivity index (χ4v) is 1.06. The average molecular weight is 357 g/mol. The first kappa shape index (κ1) is 31.6. The molecule has 0 aliphatic rings. The maximum absolute atomic E-state index is 10.0. The molecule has 0 heterocycles. The summed E-state index contributed by atoms with van der Waals surface area (Å²) in [6, 6.07) is 18.2. The van der Waals surface area contributed by atoms with Crippen molar-refractivity contribution < 1.29 is 78.6 Å². The van der Waals surface area contributed by atoms with Crippen molar-refractivity contribution in [3.05, 3.63) is 71.8 Å². The van der Waals surface area contributed by atoms with Crippen LogP contribution in [0.5, 0.6) is 0 Å². The smallest absolute Gasteiger partial charge is 0.550 e. The van der Waals surface area contributed by atoms with E-state index in [1.165, 1.54) is 0 Å². The molecule has 0 saturated carbocycles. The predicted molar refractivity (Wildman–Crippen MR) is 89.9 cm³/mol. The summed E-state index contributed by atoms with van der Waals surface area (Å²) < 4.78 is 0. The van der Waals surface area contributed by atoms with Gasteiger partial charge in [0.15, 0.2) is 0 Å². The number of nitriles is 1. The zero-order chi connectivity index (χ0) is 17.9. The summed E-state index contributed by atoms with van der Waals surface area (Å²) in [5.74, 6) is 0.917. The van der Waals surface area contributed by atoms with Gasteiger partial charge in [-0.25, -0.2) is 0 Å². The Morgan fingerprint density at radius 3 is 1.24 bits per heavy atom. The molecule has 2 aromatic carbocycles. The summed E-state index contributed by atoms with van der Waals surface area (Å²) in [6.45, 7) is 0.972. The number of hydrogen-bond acceptors (Lipinski definition) is 5. The van der Waals surface area contributed by atoms with Gasteiger partial charge < -0.3 is 9.90 Å². The third-order valence-electron chi connectivity index (χ3n) is 1.87. The van der Waals surface area contributed by atoms with Crippen LogP contribution in [0.4, 0.5) is 0 Å². The minimum Gasteiger partial charge on any atom is -0.550 e.